The van der Waals surface area contributed by atoms with Crippen LogP contribution in [0.1, 0.15) is 29.6 Å². The molecule has 4 rings (SSSR count). The molecule has 0 aliphatic heterocycles. The van der Waals surface area contributed by atoms with Crippen molar-refractivity contribution < 1.29 is 4.42 Å². The fraction of sp³-hybridized carbons (Fsp3) is 0.269. The maximum absolute atomic E-state index is 5.64. The smallest absolute Gasteiger partial charge is 0.226 e. The molecule has 0 fully saturated rings. The molecule has 34 heavy (non-hydrogen) atoms. The number of guanidine groups is 1. The van der Waals surface area contributed by atoms with Gasteiger partial charge in [0, 0.05) is 44.0 Å². The van der Waals surface area contributed by atoms with E-state index in [9.17, 15) is 0 Å². The van der Waals surface area contributed by atoms with Gasteiger partial charge in [0.15, 0.2) is 5.96 Å². The van der Waals surface area contributed by atoms with E-state index < -0.39 is 0 Å². The molecular weight excluding hydrogens is 539 g/mol. The van der Waals surface area contributed by atoms with E-state index in [0.717, 1.165) is 49.1 Å². The van der Waals surface area contributed by atoms with Gasteiger partial charge in [-0.1, -0.05) is 48.0 Å². The first-order valence-corrected chi connectivity index (χ1v) is 11.3. The van der Waals surface area contributed by atoms with E-state index in [1.807, 2.05) is 30.6 Å². The summed E-state index contributed by atoms with van der Waals surface area (Å²) < 4.78 is 7.83. The Morgan fingerprint density at radius 2 is 1.85 bits per heavy atom. The average Bonchev–Trinajstić information content (AvgIpc) is 3.48. The Labute approximate surface area is 217 Å². The Bertz CT molecular complexity index is 1170. The number of nitrogens with zero attached hydrogens (tertiary/aromatic N) is 4. The van der Waals surface area contributed by atoms with Crippen molar-refractivity contribution in [2.75, 3.05) is 13.1 Å². The Hall–Kier alpha value is -3.14. The summed E-state index contributed by atoms with van der Waals surface area (Å²) in [5.74, 6) is 2.41. The minimum absolute atomic E-state index is 0. The number of benzene rings is 2. The number of aromatic nitrogens is 3. The van der Waals surface area contributed by atoms with Crippen molar-refractivity contribution in [3.63, 3.8) is 0 Å². The van der Waals surface area contributed by atoms with Crippen LogP contribution in [0.3, 0.4) is 0 Å². The van der Waals surface area contributed by atoms with Gasteiger partial charge in [0.1, 0.15) is 17.8 Å². The van der Waals surface area contributed by atoms with Crippen LogP contribution in [-0.4, -0.2) is 33.6 Å². The lowest BCUT2D eigenvalue weighted by Gasteiger charge is -2.12. The lowest BCUT2D eigenvalue weighted by atomic mass is 10.1. The van der Waals surface area contributed by atoms with Crippen molar-refractivity contribution in [3.8, 4) is 11.5 Å². The third-order valence-electron chi connectivity index (χ3n) is 5.23. The molecule has 0 unspecified atom stereocenters. The first-order chi connectivity index (χ1) is 16.2. The summed E-state index contributed by atoms with van der Waals surface area (Å²) in [6.45, 7) is 6.88. The predicted molar refractivity (Wildman–Crippen MR) is 146 cm³/mol. The van der Waals surface area contributed by atoms with E-state index in [1.54, 1.807) is 6.26 Å². The van der Waals surface area contributed by atoms with Gasteiger partial charge in [-0.15, -0.1) is 24.0 Å². The van der Waals surface area contributed by atoms with E-state index in [0.29, 0.717) is 12.4 Å². The number of aryl methyl sites for hydroxylation is 1. The Morgan fingerprint density at radius 3 is 2.62 bits per heavy atom. The summed E-state index contributed by atoms with van der Waals surface area (Å²) in [6, 6.07) is 18.6. The standard InChI is InChI=1S/C26H30N6O.HI/c1-3-27-26(30-17-23-19-33-25(31-23)22-11-9-20(2)10-12-22)29-14-13-24-28-15-16-32(24)18-21-7-5-4-6-8-21;/h4-12,15-16,19H,3,13-14,17-18H2,1-2H3,(H2,27,29,30);1H. The molecule has 0 atom stereocenters. The zero-order chi connectivity index (χ0) is 22.9. The number of aliphatic imine (C=N–C) groups is 1. The molecule has 0 amide bonds. The lowest BCUT2D eigenvalue weighted by molar-refractivity contribution is 0.572. The molecule has 0 saturated heterocycles. The molecule has 0 bridgehead atoms. The summed E-state index contributed by atoms with van der Waals surface area (Å²) in [5.41, 5.74) is 4.23. The van der Waals surface area contributed by atoms with Gasteiger partial charge in [0.05, 0.1) is 6.54 Å². The van der Waals surface area contributed by atoms with Crippen molar-refractivity contribution in [1.29, 1.82) is 0 Å². The van der Waals surface area contributed by atoms with E-state index in [-0.39, 0.29) is 24.0 Å². The van der Waals surface area contributed by atoms with Gasteiger partial charge in [0.25, 0.3) is 0 Å². The number of oxazole rings is 1. The largest absolute Gasteiger partial charge is 0.444 e. The molecule has 0 radical (unpaired) electrons. The number of imidazole rings is 1. The van der Waals surface area contributed by atoms with Crippen LogP contribution in [0.15, 0.2) is 82.7 Å². The molecule has 8 heteroatoms. The van der Waals surface area contributed by atoms with Crippen LogP contribution in [0.5, 0.6) is 0 Å². The second-order valence-corrected chi connectivity index (χ2v) is 7.84. The van der Waals surface area contributed by atoms with Crippen molar-refractivity contribution >= 4 is 29.9 Å². The summed E-state index contributed by atoms with van der Waals surface area (Å²) >= 11 is 0. The number of rotatable bonds is 9. The Kier molecular flexibility index (Phi) is 9.69. The second kappa shape index (κ2) is 12.9. The highest BCUT2D eigenvalue weighted by Crippen LogP contribution is 2.19. The van der Waals surface area contributed by atoms with Crippen molar-refractivity contribution in [2.45, 2.75) is 33.4 Å². The van der Waals surface area contributed by atoms with Crippen LogP contribution >= 0.6 is 24.0 Å². The number of hydrogen-bond acceptors (Lipinski definition) is 4. The maximum Gasteiger partial charge on any atom is 0.226 e. The molecule has 2 N–H and O–H groups in total. The first-order valence-electron chi connectivity index (χ1n) is 11.3. The van der Waals surface area contributed by atoms with E-state index in [4.69, 9.17) is 4.42 Å². The highest BCUT2D eigenvalue weighted by Gasteiger charge is 2.08. The van der Waals surface area contributed by atoms with Crippen LogP contribution in [-0.2, 0) is 19.5 Å². The zero-order valence-electron chi connectivity index (χ0n) is 19.6. The third kappa shape index (κ3) is 7.18. The third-order valence-corrected chi connectivity index (χ3v) is 5.23. The number of halogens is 1. The average molecular weight is 570 g/mol. The van der Waals surface area contributed by atoms with Gasteiger partial charge in [0.2, 0.25) is 5.89 Å². The Balaban J connectivity index is 0.00000324. The van der Waals surface area contributed by atoms with Crippen molar-refractivity contribution in [2.24, 2.45) is 4.99 Å². The maximum atomic E-state index is 5.64. The van der Waals surface area contributed by atoms with Crippen molar-refractivity contribution in [1.82, 2.24) is 25.2 Å². The summed E-state index contributed by atoms with van der Waals surface area (Å²) in [7, 11) is 0. The topological polar surface area (TPSA) is 80.3 Å². The van der Waals surface area contributed by atoms with Crippen LogP contribution in [0.25, 0.3) is 11.5 Å². The lowest BCUT2D eigenvalue weighted by Crippen LogP contribution is -2.38. The Morgan fingerprint density at radius 1 is 1.06 bits per heavy atom. The molecule has 178 valence electrons. The zero-order valence-corrected chi connectivity index (χ0v) is 21.9. The highest BCUT2D eigenvalue weighted by atomic mass is 127. The monoisotopic (exact) mass is 570 g/mol. The van der Waals surface area contributed by atoms with Gasteiger partial charge in [-0.3, -0.25) is 0 Å². The number of hydrogen-bond donors (Lipinski definition) is 2. The van der Waals surface area contributed by atoms with Gasteiger partial charge >= 0.3 is 0 Å². The van der Waals surface area contributed by atoms with Gasteiger partial charge in [-0.05, 0) is 31.5 Å². The molecular formula is C26H31IN6O. The highest BCUT2D eigenvalue weighted by molar-refractivity contribution is 14.0. The molecule has 7 nitrogen and oxygen atoms in total. The molecule has 2 aromatic heterocycles. The van der Waals surface area contributed by atoms with Gasteiger partial charge < -0.3 is 19.6 Å². The summed E-state index contributed by atoms with van der Waals surface area (Å²) in [5, 5.41) is 6.68. The van der Waals surface area contributed by atoms with Crippen LogP contribution in [0.4, 0.5) is 0 Å². The minimum atomic E-state index is 0. The molecule has 2 heterocycles. The van der Waals surface area contributed by atoms with Crippen LogP contribution < -0.4 is 10.6 Å². The second-order valence-electron chi connectivity index (χ2n) is 7.84. The van der Waals surface area contributed by atoms with Crippen LogP contribution in [0.2, 0.25) is 0 Å². The van der Waals surface area contributed by atoms with E-state index in [1.165, 1.54) is 11.1 Å². The molecule has 0 aliphatic carbocycles. The fourth-order valence-electron chi connectivity index (χ4n) is 3.50. The van der Waals surface area contributed by atoms with E-state index in [2.05, 4.69) is 80.4 Å². The van der Waals surface area contributed by atoms with Crippen molar-refractivity contribution in [3.05, 3.63) is 95.9 Å². The van der Waals surface area contributed by atoms with Crippen LogP contribution in [0, 0.1) is 6.92 Å². The van der Waals surface area contributed by atoms with E-state index >= 15 is 0 Å². The SMILES string of the molecule is CCNC(=NCc1coc(-c2ccc(C)cc2)n1)NCCc1nccn1Cc1ccccc1.I. The van der Waals surface area contributed by atoms with Gasteiger partial charge in [-0.25, -0.2) is 15.0 Å². The normalized spacial score (nSPS) is 11.2. The quantitative estimate of drug-likeness (QED) is 0.172. The molecule has 0 aliphatic rings. The first kappa shape index (κ1) is 25.5. The molecule has 4 aromatic rings. The van der Waals surface area contributed by atoms with Gasteiger partial charge in [-0.2, -0.15) is 0 Å². The fourth-order valence-corrected chi connectivity index (χ4v) is 3.50. The minimum Gasteiger partial charge on any atom is -0.444 e. The molecule has 2 aromatic carbocycles. The number of nitrogens with one attached hydrogen (secondary N) is 2. The molecule has 0 saturated carbocycles. The summed E-state index contributed by atoms with van der Waals surface area (Å²) in [6.07, 6.45) is 6.35. The summed E-state index contributed by atoms with van der Waals surface area (Å²) in [4.78, 5) is 13.8. The molecule has 0 spiro atoms. The predicted octanol–water partition coefficient (Wildman–Crippen LogP) is 4.81.